The number of aromatic nitrogens is 1. The number of nitrogens with zero attached hydrogens (tertiary/aromatic N) is 1. The fraction of sp³-hybridized carbons (Fsp3) is 0. The largest absolute Gasteiger partial charge is 0.508 e. The van der Waals surface area contributed by atoms with Crippen LogP contribution in [0.15, 0.2) is 42.7 Å². The van der Waals surface area contributed by atoms with E-state index in [-0.39, 0.29) is 5.75 Å². The lowest BCUT2D eigenvalue weighted by Crippen LogP contribution is -1.96. The first-order chi connectivity index (χ1) is 6.27. The number of anilines is 1. The summed E-state index contributed by atoms with van der Waals surface area (Å²) in [6, 6.07) is 8.78. The van der Waals surface area contributed by atoms with Crippen molar-refractivity contribution in [2.24, 2.45) is 0 Å². The van der Waals surface area contributed by atoms with Crippen molar-refractivity contribution < 1.29 is 5.11 Å². The maximum atomic E-state index is 9.15. The Balaban J connectivity index is 2.53. The average Bonchev–Trinajstić information content (AvgIpc) is 2.56. The fourth-order valence-corrected chi connectivity index (χ4v) is 1.27. The van der Waals surface area contributed by atoms with Crippen LogP contribution < -0.4 is 5.73 Å². The Hall–Kier alpha value is -1.90. The summed E-state index contributed by atoms with van der Waals surface area (Å²) >= 11 is 0. The van der Waals surface area contributed by atoms with E-state index in [1.54, 1.807) is 12.1 Å². The van der Waals surface area contributed by atoms with Crippen LogP contribution >= 0.6 is 0 Å². The summed E-state index contributed by atoms with van der Waals surface area (Å²) in [6.45, 7) is 0. The molecule has 2 rings (SSSR count). The topological polar surface area (TPSA) is 51.2 Å². The molecule has 0 atom stereocenters. The summed E-state index contributed by atoms with van der Waals surface area (Å²) in [4.78, 5) is 0. The van der Waals surface area contributed by atoms with E-state index in [9.17, 15) is 0 Å². The third-order valence-electron chi connectivity index (χ3n) is 1.89. The van der Waals surface area contributed by atoms with E-state index in [1.807, 2.05) is 29.1 Å². The molecule has 0 bridgehead atoms. The van der Waals surface area contributed by atoms with E-state index in [0.717, 1.165) is 5.69 Å². The predicted octanol–water partition coefficient (Wildman–Crippen LogP) is 1.77. The van der Waals surface area contributed by atoms with Crippen molar-refractivity contribution in [2.45, 2.75) is 0 Å². The molecule has 3 heteroatoms. The van der Waals surface area contributed by atoms with Crippen molar-refractivity contribution in [3.8, 4) is 11.4 Å². The summed E-state index contributed by atoms with van der Waals surface area (Å²) in [6.07, 6.45) is 3.81. The number of phenols is 1. The number of benzene rings is 1. The molecule has 1 aromatic heterocycles. The first-order valence-corrected chi connectivity index (χ1v) is 3.99. The third-order valence-corrected chi connectivity index (χ3v) is 1.89. The summed E-state index contributed by atoms with van der Waals surface area (Å²) in [5, 5.41) is 9.15. The Morgan fingerprint density at radius 1 is 1.15 bits per heavy atom. The van der Waals surface area contributed by atoms with Gasteiger partial charge in [-0.15, -0.1) is 0 Å². The van der Waals surface area contributed by atoms with Crippen LogP contribution in [-0.4, -0.2) is 9.67 Å². The molecule has 2 aromatic rings. The highest BCUT2D eigenvalue weighted by Crippen LogP contribution is 2.21. The maximum Gasteiger partial charge on any atom is 0.117 e. The van der Waals surface area contributed by atoms with Crippen molar-refractivity contribution in [2.75, 3.05) is 5.73 Å². The Labute approximate surface area is 76.0 Å². The summed E-state index contributed by atoms with van der Waals surface area (Å²) in [7, 11) is 0. The Kier molecular flexibility index (Phi) is 1.70. The van der Waals surface area contributed by atoms with Crippen molar-refractivity contribution in [1.29, 1.82) is 0 Å². The normalized spacial score (nSPS) is 10.2. The highest BCUT2D eigenvalue weighted by atomic mass is 16.3. The van der Waals surface area contributed by atoms with Gasteiger partial charge in [-0.05, 0) is 24.3 Å². The molecule has 0 aliphatic rings. The zero-order valence-electron chi connectivity index (χ0n) is 7.01. The van der Waals surface area contributed by atoms with Gasteiger partial charge in [0.15, 0.2) is 0 Å². The molecule has 0 aliphatic carbocycles. The van der Waals surface area contributed by atoms with Gasteiger partial charge in [0, 0.05) is 18.5 Å². The van der Waals surface area contributed by atoms with E-state index in [4.69, 9.17) is 10.8 Å². The molecule has 0 radical (unpaired) electrons. The van der Waals surface area contributed by atoms with Crippen LogP contribution in [0.2, 0.25) is 0 Å². The van der Waals surface area contributed by atoms with E-state index in [1.165, 1.54) is 6.07 Å². The second-order valence-corrected chi connectivity index (χ2v) is 2.83. The second-order valence-electron chi connectivity index (χ2n) is 2.83. The average molecular weight is 174 g/mol. The molecule has 66 valence electrons. The molecule has 3 N–H and O–H groups in total. The third kappa shape index (κ3) is 1.36. The number of hydrogen-bond acceptors (Lipinski definition) is 2. The van der Waals surface area contributed by atoms with Crippen molar-refractivity contribution in [3.05, 3.63) is 42.7 Å². The molecule has 0 spiro atoms. The van der Waals surface area contributed by atoms with Crippen LogP contribution in [0.5, 0.6) is 5.75 Å². The lowest BCUT2D eigenvalue weighted by atomic mass is 10.2. The van der Waals surface area contributed by atoms with E-state index in [0.29, 0.717) is 5.69 Å². The minimum Gasteiger partial charge on any atom is -0.508 e. The summed E-state index contributed by atoms with van der Waals surface area (Å²) in [5.74, 6) is 0.188. The van der Waals surface area contributed by atoms with E-state index < -0.39 is 0 Å². The highest BCUT2D eigenvalue weighted by Gasteiger charge is 2.00. The smallest absolute Gasteiger partial charge is 0.117 e. The van der Waals surface area contributed by atoms with Gasteiger partial charge in [0.1, 0.15) is 5.75 Å². The monoisotopic (exact) mass is 174 g/mol. The van der Waals surface area contributed by atoms with Crippen LogP contribution in [-0.2, 0) is 0 Å². The fourth-order valence-electron chi connectivity index (χ4n) is 1.27. The number of nitrogens with two attached hydrogens (primary N) is 1. The quantitative estimate of drug-likeness (QED) is 0.647. The molecule has 0 aliphatic heterocycles. The van der Waals surface area contributed by atoms with Gasteiger partial charge >= 0.3 is 0 Å². The Bertz CT molecular complexity index is 407. The molecule has 0 saturated carbocycles. The molecule has 13 heavy (non-hydrogen) atoms. The minimum atomic E-state index is 0.188. The highest BCUT2D eigenvalue weighted by molar-refractivity contribution is 5.60. The van der Waals surface area contributed by atoms with E-state index in [2.05, 4.69) is 0 Å². The number of rotatable bonds is 1. The molecule has 0 amide bonds. The predicted molar refractivity (Wildman–Crippen MR) is 51.8 cm³/mol. The van der Waals surface area contributed by atoms with Gasteiger partial charge in [0.25, 0.3) is 0 Å². The number of aromatic hydroxyl groups is 1. The van der Waals surface area contributed by atoms with Crippen LogP contribution in [0.4, 0.5) is 5.69 Å². The molecule has 0 fully saturated rings. The van der Waals surface area contributed by atoms with Gasteiger partial charge < -0.3 is 15.4 Å². The molecule has 1 aromatic carbocycles. The summed E-state index contributed by atoms with van der Waals surface area (Å²) < 4.78 is 1.90. The van der Waals surface area contributed by atoms with Crippen molar-refractivity contribution in [1.82, 2.24) is 4.57 Å². The number of nitrogen functional groups attached to an aromatic ring is 1. The number of hydrogen-bond donors (Lipinski definition) is 2. The molecule has 1 heterocycles. The first-order valence-electron chi connectivity index (χ1n) is 3.99. The first kappa shape index (κ1) is 7.73. The zero-order valence-corrected chi connectivity index (χ0v) is 7.01. The van der Waals surface area contributed by atoms with E-state index >= 15 is 0 Å². The van der Waals surface area contributed by atoms with Crippen LogP contribution in [0.1, 0.15) is 0 Å². The summed E-state index contributed by atoms with van der Waals surface area (Å²) in [5.41, 5.74) is 7.18. The standard InChI is InChI=1S/C10H10N2O/c11-9-7-8(13)3-4-10(9)12-5-1-2-6-12/h1-7,13H,11H2. The molecule has 3 nitrogen and oxygen atoms in total. The molecular formula is C10H10N2O. The van der Waals surface area contributed by atoms with Crippen LogP contribution in [0.25, 0.3) is 5.69 Å². The lowest BCUT2D eigenvalue weighted by molar-refractivity contribution is 0.475. The van der Waals surface area contributed by atoms with Gasteiger partial charge in [-0.3, -0.25) is 0 Å². The van der Waals surface area contributed by atoms with Crippen LogP contribution in [0, 0.1) is 0 Å². The zero-order chi connectivity index (χ0) is 9.26. The Morgan fingerprint density at radius 3 is 2.46 bits per heavy atom. The van der Waals surface area contributed by atoms with Gasteiger partial charge in [0.2, 0.25) is 0 Å². The minimum absolute atomic E-state index is 0.188. The second kappa shape index (κ2) is 2.86. The molecule has 0 saturated heterocycles. The van der Waals surface area contributed by atoms with Crippen LogP contribution in [0.3, 0.4) is 0 Å². The van der Waals surface area contributed by atoms with Gasteiger partial charge in [0.05, 0.1) is 11.4 Å². The lowest BCUT2D eigenvalue weighted by Gasteiger charge is -2.06. The van der Waals surface area contributed by atoms with Crippen molar-refractivity contribution >= 4 is 5.69 Å². The molecule has 0 unspecified atom stereocenters. The Morgan fingerprint density at radius 2 is 1.85 bits per heavy atom. The van der Waals surface area contributed by atoms with Gasteiger partial charge in [-0.1, -0.05) is 0 Å². The van der Waals surface area contributed by atoms with Gasteiger partial charge in [-0.2, -0.15) is 0 Å². The van der Waals surface area contributed by atoms with Gasteiger partial charge in [-0.25, -0.2) is 0 Å². The molecular weight excluding hydrogens is 164 g/mol. The maximum absolute atomic E-state index is 9.15. The number of phenolic OH excluding ortho intramolecular Hbond substituents is 1. The SMILES string of the molecule is Nc1cc(O)ccc1-n1cccc1. The van der Waals surface area contributed by atoms with Crippen molar-refractivity contribution in [3.63, 3.8) is 0 Å².